The average Bonchev–Trinajstić information content (AvgIpc) is 2.59. The fourth-order valence-electron chi connectivity index (χ4n) is 1.98. The van der Waals surface area contributed by atoms with Gasteiger partial charge in [-0.1, -0.05) is 24.9 Å². The van der Waals surface area contributed by atoms with E-state index in [-0.39, 0.29) is 18.2 Å². The summed E-state index contributed by atoms with van der Waals surface area (Å²) in [5.74, 6) is 0.380. The number of hydrogen-bond acceptors (Lipinski definition) is 5. The van der Waals surface area contributed by atoms with E-state index in [0.717, 1.165) is 12.8 Å². The monoisotopic (exact) mass is 369 g/mol. The molecular formula is C17H24ClN3O4. The van der Waals surface area contributed by atoms with E-state index in [9.17, 15) is 9.59 Å². The van der Waals surface area contributed by atoms with Crippen molar-refractivity contribution in [3.63, 3.8) is 0 Å². The molecule has 0 saturated heterocycles. The quantitative estimate of drug-likeness (QED) is 0.516. The molecule has 2 N–H and O–H groups in total. The molecular weight excluding hydrogens is 346 g/mol. The maximum atomic E-state index is 12.2. The van der Waals surface area contributed by atoms with Gasteiger partial charge in [-0.15, -0.1) is 0 Å². The van der Waals surface area contributed by atoms with Crippen molar-refractivity contribution in [2.24, 2.45) is 5.10 Å². The molecule has 2 amide bonds. The van der Waals surface area contributed by atoms with Crippen molar-refractivity contribution < 1.29 is 19.1 Å². The molecule has 7 nitrogen and oxygen atoms in total. The lowest BCUT2D eigenvalue weighted by molar-refractivity contribution is -0.121. The van der Waals surface area contributed by atoms with Crippen LogP contribution in [0.3, 0.4) is 0 Å². The number of rotatable bonds is 9. The van der Waals surface area contributed by atoms with Crippen LogP contribution in [0, 0.1) is 0 Å². The van der Waals surface area contributed by atoms with Gasteiger partial charge in [0.05, 0.1) is 31.4 Å². The van der Waals surface area contributed by atoms with Gasteiger partial charge in [-0.3, -0.25) is 9.59 Å². The van der Waals surface area contributed by atoms with Gasteiger partial charge in [0.25, 0.3) is 0 Å². The number of unbranched alkanes of at least 4 members (excludes halogenated alkanes) is 1. The summed E-state index contributed by atoms with van der Waals surface area (Å²) >= 11 is 6.03. The first-order chi connectivity index (χ1) is 11.9. The predicted octanol–water partition coefficient (Wildman–Crippen LogP) is 3.37. The van der Waals surface area contributed by atoms with Gasteiger partial charge >= 0.3 is 0 Å². The highest BCUT2D eigenvalue weighted by Gasteiger charge is 2.13. The van der Waals surface area contributed by atoms with E-state index in [2.05, 4.69) is 15.8 Å². The van der Waals surface area contributed by atoms with Crippen molar-refractivity contribution in [3.05, 3.63) is 17.2 Å². The maximum Gasteiger partial charge on any atom is 0.240 e. The number of benzene rings is 1. The molecule has 0 aliphatic heterocycles. The molecule has 0 atom stereocenters. The van der Waals surface area contributed by atoms with Crippen molar-refractivity contribution in [1.29, 1.82) is 0 Å². The Labute approximate surface area is 152 Å². The number of anilines is 1. The Hall–Kier alpha value is -2.28. The number of carbonyl (C=O) groups excluding carboxylic acids is 2. The third kappa shape index (κ3) is 7.01. The summed E-state index contributed by atoms with van der Waals surface area (Å²) in [5.41, 5.74) is 3.37. The van der Waals surface area contributed by atoms with Gasteiger partial charge in [0.15, 0.2) is 0 Å². The Balaban J connectivity index is 2.68. The highest BCUT2D eigenvalue weighted by atomic mass is 35.5. The van der Waals surface area contributed by atoms with Crippen LogP contribution >= 0.6 is 11.6 Å². The predicted molar refractivity (Wildman–Crippen MR) is 98.6 cm³/mol. The number of halogens is 1. The van der Waals surface area contributed by atoms with E-state index >= 15 is 0 Å². The third-order valence-corrected chi connectivity index (χ3v) is 3.59. The minimum Gasteiger partial charge on any atom is -0.495 e. The molecule has 8 heteroatoms. The molecule has 0 aliphatic rings. The molecule has 0 saturated carbocycles. The fraction of sp³-hybridized carbons (Fsp3) is 0.471. The van der Waals surface area contributed by atoms with Gasteiger partial charge in [0.2, 0.25) is 11.8 Å². The van der Waals surface area contributed by atoms with Crippen molar-refractivity contribution in [3.8, 4) is 11.5 Å². The summed E-state index contributed by atoms with van der Waals surface area (Å²) in [5, 5.41) is 7.03. The van der Waals surface area contributed by atoms with Crippen LogP contribution in [-0.4, -0.2) is 31.7 Å². The van der Waals surface area contributed by atoms with Crippen molar-refractivity contribution in [2.75, 3.05) is 19.5 Å². The number of nitrogens with one attached hydrogen (secondary N) is 2. The number of nitrogens with zero attached hydrogens (tertiary/aromatic N) is 1. The molecule has 0 spiro atoms. The zero-order valence-corrected chi connectivity index (χ0v) is 15.7. The van der Waals surface area contributed by atoms with Crippen LogP contribution in [0.25, 0.3) is 0 Å². The number of carbonyl (C=O) groups is 2. The van der Waals surface area contributed by atoms with Crippen LogP contribution in [-0.2, 0) is 9.59 Å². The van der Waals surface area contributed by atoms with Crippen LogP contribution < -0.4 is 20.2 Å². The molecule has 0 heterocycles. The van der Waals surface area contributed by atoms with Crippen LogP contribution in [0.1, 0.15) is 39.5 Å². The maximum absolute atomic E-state index is 12.2. The minimum atomic E-state index is -0.299. The van der Waals surface area contributed by atoms with Gasteiger partial charge in [-0.05, 0) is 13.3 Å². The molecule has 138 valence electrons. The summed E-state index contributed by atoms with van der Waals surface area (Å²) in [6.45, 7) is 3.67. The Morgan fingerprint density at radius 2 is 1.84 bits per heavy atom. The van der Waals surface area contributed by atoms with Gasteiger partial charge in [0.1, 0.15) is 11.5 Å². The van der Waals surface area contributed by atoms with Crippen LogP contribution in [0.4, 0.5) is 5.69 Å². The van der Waals surface area contributed by atoms with E-state index in [0.29, 0.717) is 34.3 Å². The molecule has 0 bridgehead atoms. The summed E-state index contributed by atoms with van der Waals surface area (Å²) in [7, 11) is 2.96. The topological polar surface area (TPSA) is 89.0 Å². The molecule has 1 aromatic carbocycles. The van der Waals surface area contributed by atoms with Crippen LogP contribution in [0.15, 0.2) is 17.2 Å². The second kappa shape index (κ2) is 10.6. The lowest BCUT2D eigenvalue weighted by Crippen LogP contribution is -2.21. The van der Waals surface area contributed by atoms with Gasteiger partial charge < -0.3 is 14.8 Å². The third-order valence-electron chi connectivity index (χ3n) is 3.29. The Bertz CT molecular complexity index is 647. The minimum absolute atomic E-state index is 0.0299. The lowest BCUT2D eigenvalue weighted by atomic mass is 10.2. The Morgan fingerprint density at radius 3 is 2.44 bits per heavy atom. The Morgan fingerprint density at radius 1 is 1.16 bits per heavy atom. The van der Waals surface area contributed by atoms with Crippen molar-refractivity contribution in [1.82, 2.24) is 5.43 Å². The molecule has 25 heavy (non-hydrogen) atoms. The molecule has 1 rings (SSSR count). The summed E-state index contributed by atoms with van der Waals surface area (Å²) < 4.78 is 10.3. The second-order valence-corrected chi connectivity index (χ2v) is 5.80. The molecule has 0 aromatic heterocycles. The highest BCUT2D eigenvalue weighted by Crippen LogP contribution is 2.35. The number of amides is 2. The summed E-state index contributed by atoms with van der Waals surface area (Å²) in [6, 6.07) is 3.14. The first kappa shape index (κ1) is 20.8. The zero-order chi connectivity index (χ0) is 18.8. The Kier molecular flexibility index (Phi) is 8.77. The molecule has 0 radical (unpaired) electrons. The normalized spacial score (nSPS) is 11.0. The van der Waals surface area contributed by atoms with Gasteiger partial charge in [0, 0.05) is 24.3 Å². The second-order valence-electron chi connectivity index (χ2n) is 5.40. The largest absolute Gasteiger partial charge is 0.495 e. The van der Waals surface area contributed by atoms with Crippen LogP contribution in [0.2, 0.25) is 5.02 Å². The standard InChI is InChI=1S/C17H24ClN3O4/c1-5-6-7-16(22)21-20-11(2)8-17(23)19-13-10-14(24-3)12(18)9-15(13)25-4/h9-10H,5-8H2,1-4H3,(H,19,23)(H,21,22). The molecule has 0 fully saturated rings. The first-order valence-corrected chi connectivity index (χ1v) is 8.32. The van der Waals surface area contributed by atoms with E-state index in [1.807, 2.05) is 6.92 Å². The van der Waals surface area contributed by atoms with E-state index < -0.39 is 0 Å². The number of methoxy groups -OCH3 is 2. The lowest BCUT2D eigenvalue weighted by Gasteiger charge is -2.13. The van der Waals surface area contributed by atoms with E-state index in [1.165, 1.54) is 14.2 Å². The SMILES string of the molecule is CCCCC(=O)NN=C(C)CC(=O)Nc1cc(OC)c(Cl)cc1OC. The van der Waals surface area contributed by atoms with Crippen molar-refractivity contribution in [2.45, 2.75) is 39.5 Å². The number of hydrazone groups is 1. The van der Waals surface area contributed by atoms with Gasteiger partial charge in [-0.2, -0.15) is 5.10 Å². The molecule has 0 aliphatic carbocycles. The smallest absolute Gasteiger partial charge is 0.240 e. The zero-order valence-electron chi connectivity index (χ0n) is 14.9. The highest BCUT2D eigenvalue weighted by molar-refractivity contribution is 6.32. The molecule has 0 unspecified atom stereocenters. The summed E-state index contributed by atoms with van der Waals surface area (Å²) in [4.78, 5) is 23.7. The van der Waals surface area contributed by atoms with E-state index in [1.54, 1.807) is 19.1 Å². The average molecular weight is 370 g/mol. The fourth-order valence-corrected chi connectivity index (χ4v) is 2.21. The number of ether oxygens (including phenoxy) is 2. The molecule has 1 aromatic rings. The summed E-state index contributed by atoms with van der Waals surface area (Å²) in [6.07, 6.45) is 2.19. The number of hydrogen-bond donors (Lipinski definition) is 2. The first-order valence-electron chi connectivity index (χ1n) is 7.94. The van der Waals surface area contributed by atoms with Gasteiger partial charge in [-0.25, -0.2) is 5.43 Å². The van der Waals surface area contributed by atoms with Crippen LogP contribution in [0.5, 0.6) is 11.5 Å². The van der Waals surface area contributed by atoms with Crippen molar-refractivity contribution >= 4 is 34.8 Å². The van der Waals surface area contributed by atoms with E-state index in [4.69, 9.17) is 21.1 Å².